The molecule has 8 nitrogen and oxygen atoms in total. The SMILES string of the molecule is CCC1(COC(=O)c2c(Cl)c(Cl)cc(Cl)c2OC(=O)C(=O)Oc2c(Cl)cc(Cl)c(Cl)c2C(=O)OCC2(CC)C(C)C2(C)C)C(C)C1(C)C. The van der Waals surface area contributed by atoms with E-state index in [4.69, 9.17) is 88.6 Å². The van der Waals surface area contributed by atoms with Crippen molar-refractivity contribution < 1.29 is 38.1 Å². The van der Waals surface area contributed by atoms with Crippen LogP contribution in [0.4, 0.5) is 0 Å². The third-order valence-electron chi connectivity index (χ3n) is 11.6. The minimum atomic E-state index is -1.65. The van der Waals surface area contributed by atoms with Crippen LogP contribution in [0.15, 0.2) is 12.1 Å². The largest absolute Gasteiger partial charge is 0.461 e. The number of esters is 4. The van der Waals surface area contributed by atoms with E-state index < -0.39 is 46.5 Å². The van der Waals surface area contributed by atoms with E-state index in [2.05, 4.69) is 41.5 Å². The van der Waals surface area contributed by atoms with Crippen molar-refractivity contribution in [2.45, 2.75) is 68.2 Å². The van der Waals surface area contributed by atoms with Crippen LogP contribution in [0, 0.1) is 33.5 Å². The second-order valence-corrected chi connectivity index (χ2v) is 15.9. The monoisotopic (exact) mass is 782 g/mol. The van der Waals surface area contributed by atoms with Crippen LogP contribution in [0.2, 0.25) is 30.1 Å². The first-order valence-corrected chi connectivity index (χ1v) is 17.6. The molecule has 4 atom stereocenters. The third-order valence-corrected chi connectivity index (χ3v) is 13.8. The van der Waals surface area contributed by atoms with Gasteiger partial charge >= 0.3 is 23.9 Å². The number of carbonyl (C=O) groups excluding carboxylic acids is 4. The lowest BCUT2D eigenvalue weighted by atomic mass is 9.94. The minimum absolute atomic E-state index is 0.0525. The van der Waals surface area contributed by atoms with Gasteiger partial charge in [0.25, 0.3) is 0 Å². The van der Waals surface area contributed by atoms with Gasteiger partial charge in [-0.1, -0.05) is 125 Å². The summed E-state index contributed by atoms with van der Waals surface area (Å²) in [6.07, 6.45) is 1.49. The molecule has 0 saturated heterocycles. The van der Waals surface area contributed by atoms with Gasteiger partial charge in [0, 0.05) is 10.8 Å². The average molecular weight is 785 g/mol. The minimum Gasteiger partial charge on any atom is -0.461 e. The van der Waals surface area contributed by atoms with Gasteiger partial charge in [-0.15, -0.1) is 0 Å². The highest BCUT2D eigenvalue weighted by molar-refractivity contribution is 6.47. The van der Waals surface area contributed by atoms with Gasteiger partial charge < -0.3 is 18.9 Å². The van der Waals surface area contributed by atoms with Gasteiger partial charge in [0.1, 0.15) is 11.1 Å². The van der Waals surface area contributed by atoms with Gasteiger partial charge in [0.05, 0.1) is 43.3 Å². The van der Waals surface area contributed by atoms with E-state index in [1.807, 2.05) is 13.8 Å². The lowest BCUT2D eigenvalue weighted by molar-refractivity contribution is -0.156. The van der Waals surface area contributed by atoms with Crippen molar-refractivity contribution >= 4 is 93.5 Å². The summed E-state index contributed by atoms with van der Waals surface area (Å²) in [5.74, 6) is -5.88. The van der Waals surface area contributed by atoms with Crippen LogP contribution < -0.4 is 9.47 Å². The van der Waals surface area contributed by atoms with E-state index in [1.165, 1.54) is 0 Å². The Labute approximate surface area is 309 Å². The fourth-order valence-corrected chi connectivity index (χ4v) is 8.77. The molecule has 0 radical (unpaired) electrons. The molecule has 0 bridgehead atoms. The van der Waals surface area contributed by atoms with Gasteiger partial charge in [-0.25, -0.2) is 19.2 Å². The predicted molar refractivity (Wildman–Crippen MR) is 186 cm³/mol. The topological polar surface area (TPSA) is 105 Å². The van der Waals surface area contributed by atoms with Crippen molar-refractivity contribution in [3.8, 4) is 11.5 Å². The highest BCUT2D eigenvalue weighted by Crippen LogP contribution is 2.71. The number of carbonyl (C=O) groups is 4. The van der Waals surface area contributed by atoms with Crippen LogP contribution in [-0.4, -0.2) is 37.1 Å². The fourth-order valence-electron chi connectivity index (χ4n) is 7.33. The Hall–Kier alpha value is -1.94. The molecular weight excluding hydrogens is 749 g/mol. The first-order chi connectivity index (χ1) is 22.2. The smallest absolute Gasteiger partial charge is 0.423 e. The molecule has 48 heavy (non-hydrogen) atoms. The summed E-state index contributed by atoms with van der Waals surface area (Å²) in [5, 5.41) is -1.51. The number of ether oxygens (including phenoxy) is 4. The molecule has 2 fully saturated rings. The molecule has 2 aromatic carbocycles. The molecule has 14 heteroatoms. The van der Waals surface area contributed by atoms with Crippen LogP contribution in [-0.2, 0) is 19.1 Å². The van der Waals surface area contributed by atoms with Gasteiger partial charge in [-0.3, -0.25) is 0 Å². The van der Waals surface area contributed by atoms with E-state index in [1.54, 1.807) is 0 Å². The third kappa shape index (κ3) is 6.28. The van der Waals surface area contributed by atoms with Gasteiger partial charge in [-0.2, -0.15) is 0 Å². The standard InChI is InChI=1S/C34H36Cl6O8/c1-9-33(15(3)31(33,5)6)13-45-27(41)21-23(39)17(35)11-19(37)25(21)47-29(43)30(44)48-26-20(38)12-18(36)24(40)22(26)28(42)46-14-34(10-2)16(4)32(34,7)8/h11-12,15-16H,9-10,13-14H2,1-8H3. The predicted octanol–water partition coefficient (Wildman–Crippen LogP) is 10.6. The van der Waals surface area contributed by atoms with E-state index in [0.29, 0.717) is 0 Å². The molecule has 2 aromatic rings. The highest BCUT2D eigenvalue weighted by Gasteiger charge is 2.68. The highest BCUT2D eigenvalue weighted by atomic mass is 35.5. The molecule has 262 valence electrons. The van der Waals surface area contributed by atoms with Crippen LogP contribution in [0.5, 0.6) is 11.5 Å². The fraction of sp³-hybridized carbons (Fsp3) is 0.529. The first-order valence-electron chi connectivity index (χ1n) is 15.3. The molecule has 0 heterocycles. The van der Waals surface area contributed by atoms with E-state index >= 15 is 0 Å². The molecule has 0 aliphatic heterocycles. The van der Waals surface area contributed by atoms with Crippen molar-refractivity contribution in [3.05, 3.63) is 53.4 Å². The Kier molecular flexibility index (Phi) is 11.0. The Morgan fingerprint density at radius 1 is 0.604 bits per heavy atom. The Balaban J connectivity index is 1.58. The maximum Gasteiger partial charge on any atom is 0.423 e. The quantitative estimate of drug-likeness (QED) is 0.101. The van der Waals surface area contributed by atoms with E-state index in [0.717, 1.165) is 25.0 Å². The zero-order valence-electron chi connectivity index (χ0n) is 27.7. The zero-order chi connectivity index (χ0) is 36.3. The first kappa shape index (κ1) is 38.9. The molecule has 0 N–H and O–H groups in total. The second-order valence-electron chi connectivity index (χ2n) is 13.6. The molecule has 2 saturated carbocycles. The van der Waals surface area contributed by atoms with Crippen molar-refractivity contribution in [1.29, 1.82) is 0 Å². The Morgan fingerprint density at radius 3 is 1.15 bits per heavy atom. The van der Waals surface area contributed by atoms with E-state index in [-0.39, 0.29) is 76.8 Å². The van der Waals surface area contributed by atoms with Crippen LogP contribution in [0.25, 0.3) is 0 Å². The molecule has 0 aromatic heterocycles. The second kappa shape index (κ2) is 13.6. The number of halogens is 6. The number of hydrogen-bond acceptors (Lipinski definition) is 8. The molecule has 0 spiro atoms. The van der Waals surface area contributed by atoms with Crippen molar-refractivity contribution in [2.24, 2.45) is 33.5 Å². The molecule has 4 unspecified atom stereocenters. The number of rotatable bonds is 10. The maximum absolute atomic E-state index is 13.4. The Bertz CT molecular complexity index is 1580. The summed E-state index contributed by atoms with van der Waals surface area (Å²) in [7, 11) is 0. The van der Waals surface area contributed by atoms with Crippen molar-refractivity contribution in [3.63, 3.8) is 0 Å². The van der Waals surface area contributed by atoms with Crippen LogP contribution in [0.1, 0.15) is 88.9 Å². The number of hydrogen-bond donors (Lipinski definition) is 0. The van der Waals surface area contributed by atoms with Crippen LogP contribution in [0.3, 0.4) is 0 Å². The lowest BCUT2D eigenvalue weighted by Crippen LogP contribution is -2.28. The Morgan fingerprint density at radius 2 is 0.896 bits per heavy atom. The number of benzene rings is 2. The van der Waals surface area contributed by atoms with E-state index in [9.17, 15) is 19.2 Å². The molecule has 4 rings (SSSR count). The molecule has 0 amide bonds. The molecular formula is C34H36Cl6O8. The summed E-state index contributed by atoms with van der Waals surface area (Å²) in [6.45, 7) is 16.6. The summed E-state index contributed by atoms with van der Waals surface area (Å²) in [4.78, 5) is 52.9. The molecule has 2 aliphatic rings. The summed E-state index contributed by atoms with van der Waals surface area (Å²) in [5.41, 5.74) is -1.66. The lowest BCUT2D eigenvalue weighted by Gasteiger charge is -2.20. The summed E-state index contributed by atoms with van der Waals surface area (Å²) < 4.78 is 21.8. The zero-order valence-corrected chi connectivity index (χ0v) is 32.2. The molecule has 2 aliphatic carbocycles. The van der Waals surface area contributed by atoms with Crippen LogP contribution >= 0.6 is 69.6 Å². The summed E-state index contributed by atoms with van der Waals surface area (Å²) in [6, 6.07) is 2.26. The normalized spacial score (nSPS) is 24.8. The van der Waals surface area contributed by atoms with Crippen molar-refractivity contribution in [2.75, 3.05) is 13.2 Å². The average Bonchev–Trinajstić information content (AvgIpc) is 3.66. The van der Waals surface area contributed by atoms with Crippen molar-refractivity contribution in [1.82, 2.24) is 0 Å². The van der Waals surface area contributed by atoms with Gasteiger partial charge in [0.2, 0.25) is 0 Å². The maximum atomic E-state index is 13.4. The van der Waals surface area contributed by atoms with Gasteiger partial charge in [-0.05, 0) is 47.6 Å². The summed E-state index contributed by atoms with van der Waals surface area (Å²) >= 11 is 37.7. The van der Waals surface area contributed by atoms with Gasteiger partial charge in [0.15, 0.2) is 11.5 Å².